The van der Waals surface area contributed by atoms with Crippen LogP contribution in [0.1, 0.15) is 25.3 Å². The van der Waals surface area contributed by atoms with Crippen molar-refractivity contribution in [1.29, 1.82) is 0 Å². The number of halogens is 1. The number of fused-ring (bicyclic) bond motifs is 1. The second kappa shape index (κ2) is 12.2. The number of nitrogens with one attached hydrogen (secondary N) is 2. The normalized spacial score (nSPS) is 16.9. The number of ether oxygens (including phenoxy) is 2. The lowest BCUT2D eigenvalue weighted by atomic mass is 10.1. The van der Waals surface area contributed by atoms with Gasteiger partial charge in [-0.05, 0) is 36.1 Å². The molecule has 1 saturated heterocycles. The van der Waals surface area contributed by atoms with E-state index in [-0.39, 0.29) is 30.1 Å². The first kappa shape index (κ1) is 21.9. The Hall–Kier alpha value is -1.38. The van der Waals surface area contributed by atoms with Gasteiger partial charge in [0.2, 0.25) is 0 Å². The van der Waals surface area contributed by atoms with Crippen LogP contribution in [0.5, 0.6) is 0 Å². The van der Waals surface area contributed by atoms with Gasteiger partial charge < -0.3 is 20.1 Å². The van der Waals surface area contributed by atoms with E-state index in [0.29, 0.717) is 6.54 Å². The van der Waals surface area contributed by atoms with Crippen molar-refractivity contribution in [2.45, 2.75) is 32.4 Å². The van der Waals surface area contributed by atoms with Crippen LogP contribution >= 0.6 is 24.0 Å². The standard InChI is InChI=1S/C21H29N3O2.HI/c1-2-22-21(23-12-6-13-26-19-11-14-25-16-19)24-15-18-9-5-8-17-7-3-4-10-20(17)18;/h3-5,7-10,19H,2,6,11-16H2,1H3,(H2,22,23,24);1H. The minimum Gasteiger partial charge on any atom is -0.379 e. The summed E-state index contributed by atoms with van der Waals surface area (Å²) >= 11 is 0. The molecule has 0 radical (unpaired) electrons. The first-order valence-corrected chi connectivity index (χ1v) is 9.55. The van der Waals surface area contributed by atoms with E-state index in [2.05, 4.69) is 60.0 Å². The highest BCUT2D eigenvalue weighted by atomic mass is 127. The summed E-state index contributed by atoms with van der Waals surface area (Å²) in [6.45, 7) is 6.75. The van der Waals surface area contributed by atoms with Gasteiger partial charge in [0, 0.05) is 26.3 Å². The van der Waals surface area contributed by atoms with Gasteiger partial charge in [-0.1, -0.05) is 42.5 Å². The van der Waals surface area contributed by atoms with Crippen LogP contribution in [0.2, 0.25) is 0 Å². The van der Waals surface area contributed by atoms with Crippen LogP contribution in [-0.4, -0.2) is 45.0 Å². The maximum atomic E-state index is 5.80. The molecule has 2 N–H and O–H groups in total. The smallest absolute Gasteiger partial charge is 0.191 e. The summed E-state index contributed by atoms with van der Waals surface area (Å²) in [5.74, 6) is 0.852. The SMILES string of the molecule is CCNC(=NCc1cccc2ccccc12)NCCCOC1CCOC1.I. The Bertz CT molecular complexity index is 712. The second-order valence-corrected chi connectivity index (χ2v) is 6.47. The predicted octanol–water partition coefficient (Wildman–Crippen LogP) is 3.71. The van der Waals surface area contributed by atoms with Crippen molar-refractivity contribution in [2.24, 2.45) is 4.99 Å². The monoisotopic (exact) mass is 483 g/mol. The van der Waals surface area contributed by atoms with Crippen molar-refractivity contribution in [3.05, 3.63) is 48.0 Å². The maximum Gasteiger partial charge on any atom is 0.191 e. The van der Waals surface area contributed by atoms with E-state index in [1.165, 1.54) is 16.3 Å². The van der Waals surface area contributed by atoms with Crippen LogP contribution in [0, 0.1) is 0 Å². The van der Waals surface area contributed by atoms with Crippen molar-refractivity contribution in [1.82, 2.24) is 10.6 Å². The minimum atomic E-state index is 0. The average Bonchev–Trinajstić information content (AvgIpc) is 3.19. The zero-order valence-electron chi connectivity index (χ0n) is 15.9. The molecular formula is C21H30IN3O2. The molecule has 1 fully saturated rings. The van der Waals surface area contributed by atoms with Crippen LogP contribution in [-0.2, 0) is 16.0 Å². The third kappa shape index (κ3) is 6.93. The molecule has 1 aliphatic heterocycles. The molecule has 6 heteroatoms. The topological polar surface area (TPSA) is 54.9 Å². The van der Waals surface area contributed by atoms with E-state index in [4.69, 9.17) is 14.5 Å². The molecule has 27 heavy (non-hydrogen) atoms. The van der Waals surface area contributed by atoms with Crippen molar-refractivity contribution < 1.29 is 9.47 Å². The highest BCUT2D eigenvalue weighted by Crippen LogP contribution is 2.19. The van der Waals surface area contributed by atoms with Gasteiger partial charge >= 0.3 is 0 Å². The summed E-state index contributed by atoms with van der Waals surface area (Å²) in [6.07, 6.45) is 2.25. The molecule has 2 aromatic carbocycles. The fourth-order valence-electron chi connectivity index (χ4n) is 3.11. The van der Waals surface area contributed by atoms with E-state index < -0.39 is 0 Å². The summed E-state index contributed by atoms with van der Waals surface area (Å²) in [7, 11) is 0. The van der Waals surface area contributed by atoms with E-state index in [9.17, 15) is 0 Å². The zero-order valence-corrected chi connectivity index (χ0v) is 18.3. The molecule has 1 unspecified atom stereocenters. The molecule has 0 aliphatic carbocycles. The fourth-order valence-corrected chi connectivity index (χ4v) is 3.11. The van der Waals surface area contributed by atoms with E-state index in [0.717, 1.165) is 51.7 Å². The van der Waals surface area contributed by atoms with Crippen molar-refractivity contribution >= 4 is 40.7 Å². The number of rotatable bonds is 8. The molecule has 3 rings (SSSR count). The van der Waals surface area contributed by atoms with Crippen LogP contribution < -0.4 is 10.6 Å². The van der Waals surface area contributed by atoms with Gasteiger partial charge in [0.25, 0.3) is 0 Å². The third-order valence-electron chi connectivity index (χ3n) is 4.49. The molecule has 5 nitrogen and oxygen atoms in total. The third-order valence-corrected chi connectivity index (χ3v) is 4.49. The number of hydrogen-bond donors (Lipinski definition) is 2. The molecular weight excluding hydrogens is 453 g/mol. The van der Waals surface area contributed by atoms with E-state index in [1.807, 2.05) is 0 Å². The van der Waals surface area contributed by atoms with Gasteiger partial charge in [-0.15, -0.1) is 24.0 Å². The van der Waals surface area contributed by atoms with Crippen LogP contribution in [0.4, 0.5) is 0 Å². The largest absolute Gasteiger partial charge is 0.379 e. The molecule has 1 aliphatic rings. The Labute approximate surface area is 178 Å². The summed E-state index contributed by atoms with van der Waals surface area (Å²) in [5, 5.41) is 9.22. The first-order valence-electron chi connectivity index (χ1n) is 9.55. The Morgan fingerprint density at radius 3 is 2.85 bits per heavy atom. The molecule has 0 saturated carbocycles. The summed E-state index contributed by atoms with van der Waals surface area (Å²) in [5.41, 5.74) is 1.24. The lowest BCUT2D eigenvalue weighted by molar-refractivity contribution is 0.0420. The molecule has 1 heterocycles. The molecule has 0 aromatic heterocycles. The van der Waals surface area contributed by atoms with Crippen LogP contribution in [0.3, 0.4) is 0 Å². The van der Waals surface area contributed by atoms with Gasteiger partial charge in [-0.3, -0.25) is 0 Å². The highest BCUT2D eigenvalue weighted by Gasteiger charge is 2.15. The van der Waals surface area contributed by atoms with Crippen LogP contribution in [0.15, 0.2) is 47.5 Å². The maximum absolute atomic E-state index is 5.80. The number of guanidine groups is 1. The molecule has 148 valence electrons. The second-order valence-electron chi connectivity index (χ2n) is 6.47. The molecule has 0 amide bonds. The first-order chi connectivity index (χ1) is 12.9. The van der Waals surface area contributed by atoms with E-state index >= 15 is 0 Å². The minimum absolute atomic E-state index is 0. The molecule has 2 aromatic rings. The summed E-state index contributed by atoms with van der Waals surface area (Å²) < 4.78 is 11.1. The van der Waals surface area contributed by atoms with E-state index in [1.54, 1.807) is 0 Å². The van der Waals surface area contributed by atoms with Crippen molar-refractivity contribution in [3.8, 4) is 0 Å². The molecule has 1 atom stereocenters. The quantitative estimate of drug-likeness (QED) is 0.260. The molecule has 0 bridgehead atoms. The van der Waals surface area contributed by atoms with Gasteiger partial charge in [-0.2, -0.15) is 0 Å². The van der Waals surface area contributed by atoms with Crippen LogP contribution in [0.25, 0.3) is 10.8 Å². The highest BCUT2D eigenvalue weighted by molar-refractivity contribution is 14.0. The lowest BCUT2D eigenvalue weighted by Gasteiger charge is -2.13. The molecule has 0 spiro atoms. The average molecular weight is 483 g/mol. The Kier molecular flexibility index (Phi) is 9.86. The van der Waals surface area contributed by atoms with Gasteiger partial charge in [0.05, 0.1) is 19.3 Å². The van der Waals surface area contributed by atoms with Gasteiger partial charge in [0.1, 0.15) is 0 Å². The number of aliphatic imine (C=N–C) groups is 1. The van der Waals surface area contributed by atoms with Crippen molar-refractivity contribution in [2.75, 3.05) is 32.9 Å². The summed E-state index contributed by atoms with van der Waals surface area (Å²) in [6, 6.07) is 14.8. The lowest BCUT2D eigenvalue weighted by Crippen LogP contribution is -2.38. The predicted molar refractivity (Wildman–Crippen MR) is 122 cm³/mol. The Morgan fingerprint density at radius 1 is 1.19 bits per heavy atom. The van der Waals surface area contributed by atoms with Crippen molar-refractivity contribution in [3.63, 3.8) is 0 Å². The zero-order chi connectivity index (χ0) is 18.0. The van der Waals surface area contributed by atoms with Gasteiger partial charge in [0.15, 0.2) is 5.96 Å². The number of nitrogens with zero attached hydrogens (tertiary/aromatic N) is 1. The van der Waals surface area contributed by atoms with Gasteiger partial charge in [-0.25, -0.2) is 4.99 Å². The Morgan fingerprint density at radius 2 is 2.04 bits per heavy atom. The number of hydrogen-bond acceptors (Lipinski definition) is 3. The summed E-state index contributed by atoms with van der Waals surface area (Å²) in [4.78, 5) is 4.74. The fraction of sp³-hybridized carbons (Fsp3) is 0.476. The number of benzene rings is 2. The Balaban J connectivity index is 0.00000261.